The number of hydrogen-bond donors (Lipinski definition) is 0. The van der Waals surface area contributed by atoms with Crippen LogP contribution in [0.2, 0.25) is 0 Å². The molecule has 90 valence electrons. The number of pyridine rings is 1. The summed E-state index contributed by atoms with van der Waals surface area (Å²) in [6.07, 6.45) is 1.64. The minimum absolute atomic E-state index is 0.0763. The molecular formula is C15H13NO2. The van der Waals surface area contributed by atoms with Crippen molar-refractivity contribution in [3.05, 3.63) is 59.4 Å². The quantitative estimate of drug-likeness (QED) is 0.756. The van der Waals surface area contributed by atoms with E-state index in [9.17, 15) is 4.79 Å². The molecule has 1 aromatic heterocycles. The fraction of sp³-hybridized carbons (Fsp3) is 0.200. The number of benzene rings is 1. The zero-order valence-corrected chi connectivity index (χ0v) is 10.1. The Balaban J connectivity index is 1.93. The number of ketones is 1. The molecule has 0 saturated heterocycles. The molecule has 0 bridgehead atoms. The molecule has 2 aromatic rings. The maximum Gasteiger partial charge on any atom is 0.175 e. The molecule has 0 saturated carbocycles. The van der Waals surface area contributed by atoms with Gasteiger partial charge in [-0.3, -0.25) is 9.78 Å². The number of ether oxygens (including phenoxy) is 1. The van der Waals surface area contributed by atoms with Crippen LogP contribution >= 0.6 is 0 Å². The standard InChI is InChI=1S/C15H13NO2/c1-10-6-7-11(8-16-10)15(17)13-9-18-14-5-3-2-4-12(13)14/h2-8,13H,9H2,1H3. The van der Waals surface area contributed by atoms with E-state index in [0.717, 1.165) is 17.0 Å². The van der Waals surface area contributed by atoms with Crippen molar-refractivity contribution in [3.8, 4) is 5.75 Å². The van der Waals surface area contributed by atoms with E-state index in [0.29, 0.717) is 12.2 Å². The average Bonchev–Trinajstić information content (AvgIpc) is 2.82. The lowest BCUT2D eigenvalue weighted by molar-refractivity contribution is 0.0947. The maximum absolute atomic E-state index is 12.4. The van der Waals surface area contributed by atoms with Gasteiger partial charge in [-0.15, -0.1) is 0 Å². The highest BCUT2D eigenvalue weighted by Crippen LogP contribution is 2.35. The molecule has 2 heterocycles. The van der Waals surface area contributed by atoms with Gasteiger partial charge in [0.05, 0.1) is 5.92 Å². The summed E-state index contributed by atoms with van der Waals surface area (Å²) < 4.78 is 5.54. The van der Waals surface area contributed by atoms with Crippen LogP contribution in [-0.4, -0.2) is 17.4 Å². The predicted octanol–water partition coefficient (Wildman–Crippen LogP) is 2.75. The van der Waals surface area contributed by atoms with Gasteiger partial charge in [-0.25, -0.2) is 0 Å². The topological polar surface area (TPSA) is 39.2 Å². The third-order valence-electron chi connectivity index (χ3n) is 3.21. The lowest BCUT2D eigenvalue weighted by Gasteiger charge is -2.07. The fourth-order valence-electron chi connectivity index (χ4n) is 2.19. The van der Waals surface area contributed by atoms with Crippen molar-refractivity contribution in [2.45, 2.75) is 12.8 Å². The first-order chi connectivity index (χ1) is 8.75. The molecule has 1 aliphatic heterocycles. The summed E-state index contributed by atoms with van der Waals surface area (Å²) >= 11 is 0. The van der Waals surface area contributed by atoms with E-state index in [-0.39, 0.29) is 11.7 Å². The van der Waals surface area contributed by atoms with E-state index in [2.05, 4.69) is 4.98 Å². The second-order valence-electron chi connectivity index (χ2n) is 4.45. The van der Waals surface area contributed by atoms with E-state index in [1.807, 2.05) is 43.3 Å². The van der Waals surface area contributed by atoms with Crippen molar-refractivity contribution in [1.29, 1.82) is 0 Å². The number of nitrogens with zero attached hydrogens (tertiary/aromatic N) is 1. The number of rotatable bonds is 2. The SMILES string of the molecule is Cc1ccc(C(=O)C2COc3ccccc32)cn1. The van der Waals surface area contributed by atoms with Crippen molar-refractivity contribution in [1.82, 2.24) is 4.98 Å². The highest BCUT2D eigenvalue weighted by Gasteiger charge is 2.30. The molecule has 0 N–H and O–H groups in total. The first-order valence-electron chi connectivity index (χ1n) is 5.94. The molecule has 1 aliphatic rings. The lowest BCUT2D eigenvalue weighted by Crippen LogP contribution is -2.14. The van der Waals surface area contributed by atoms with Crippen LogP contribution in [0.15, 0.2) is 42.6 Å². The first-order valence-corrected chi connectivity index (χ1v) is 5.94. The van der Waals surface area contributed by atoms with Gasteiger partial charge in [0.2, 0.25) is 0 Å². The summed E-state index contributed by atoms with van der Waals surface area (Å²) in [5.74, 6) is 0.689. The summed E-state index contributed by atoms with van der Waals surface area (Å²) in [7, 11) is 0. The largest absolute Gasteiger partial charge is 0.492 e. The highest BCUT2D eigenvalue weighted by molar-refractivity contribution is 6.01. The van der Waals surface area contributed by atoms with Gasteiger partial charge >= 0.3 is 0 Å². The summed E-state index contributed by atoms with van der Waals surface area (Å²) in [6, 6.07) is 11.4. The van der Waals surface area contributed by atoms with Crippen LogP contribution < -0.4 is 4.74 Å². The summed E-state index contributed by atoms with van der Waals surface area (Å²) in [4.78, 5) is 16.6. The Labute approximate surface area is 105 Å². The van der Waals surface area contributed by atoms with Crippen molar-refractivity contribution < 1.29 is 9.53 Å². The number of fused-ring (bicyclic) bond motifs is 1. The lowest BCUT2D eigenvalue weighted by atomic mass is 9.93. The minimum Gasteiger partial charge on any atom is -0.492 e. The van der Waals surface area contributed by atoms with Crippen LogP contribution in [0.4, 0.5) is 0 Å². The number of para-hydroxylation sites is 1. The van der Waals surface area contributed by atoms with Crippen molar-refractivity contribution in [2.75, 3.05) is 6.61 Å². The third-order valence-corrected chi connectivity index (χ3v) is 3.21. The molecule has 0 spiro atoms. The van der Waals surface area contributed by atoms with E-state index >= 15 is 0 Å². The van der Waals surface area contributed by atoms with Crippen LogP contribution in [0.25, 0.3) is 0 Å². The van der Waals surface area contributed by atoms with Gasteiger partial charge in [0.15, 0.2) is 5.78 Å². The molecular weight excluding hydrogens is 226 g/mol. The van der Waals surface area contributed by atoms with E-state index in [4.69, 9.17) is 4.74 Å². The van der Waals surface area contributed by atoms with E-state index in [1.165, 1.54) is 0 Å². The van der Waals surface area contributed by atoms with Crippen LogP contribution in [-0.2, 0) is 0 Å². The Kier molecular flexibility index (Phi) is 2.59. The van der Waals surface area contributed by atoms with Crippen LogP contribution in [0, 0.1) is 6.92 Å². The second kappa shape index (κ2) is 4.26. The van der Waals surface area contributed by atoms with Crippen LogP contribution in [0.3, 0.4) is 0 Å². The normalized spacial score (nSPS) is 17.1. The molecule has 0 fully saturated rings. The monoisotopic (exact) mass is 239 g/mol. The number of Topliss-reactive ketones (excluding diaryl/α,β-unsaturated/α-hetero) is 1. The number of aryl methyl sites for hydroxylation is 1. The fourth-order valence-corrected chi connectivity index (χ4v) is 2.19. The molecule has 3 rings (SSSR count). The number of carbonyl (C=O) groups is 1. The molecule has 1 aromatic carbocycles. The van der Waals surface area contributed by atoms with Gasteiger partial charge in [0.1, 0.15) is 12.4 Å². The summed E-state index contributed by atoms with van der Waals surface area (Å²) in [5.41, 5.74) is 2.53. The van der Waals surface area contributed by atoms with Crippen molar-refractivity contribution in [3.63, 3.8) is 0 Å². The third kappa shape index (κ3) is 1.78. The molecule has 0 amide bonds. The van der Waals surface area contributed by atoms with Crippen LogP contribution in [0.1, 0.15) is 27.5 Å². The number of carbonyl (C=O) groups excluding carboxylic acids is 1. The van der Waals surface area contributed by atoms with Crippen molar-refractivity contribution >= 4 is 5.78 Å². The molecule has 3 nitrogen and oxygen atoms in total. The van der Waals surface area contributed by atoms with Crippen molar-refractivity contribution in [2.24, 2.45) is 0 Å². The highest BCUT2D eigenvalue weighted by atomic mass is 16.5. The molecule has 1 unspecified atom stereocenters. The Hall–Kier alpha value is -2.16. The summed E-state index contributed by atoms with van der Waals surface area (Å²) in [6.45, 7) is 2.33. The Morgan fingerprint density at radius 1 is 1.28 bits per heavy atom. The number of hydrogen-bond acceptors (Lipinski definition) is 3. The Morgan fingerprint density at radius 3 is 2.89 bits per heavy atom. The molecule has 0 aliphatic carbocycles. The van der Waals surface area contributed by atoms with Gasteiger partial charge in [-0.05, 0) is 25.1 Å². The maximum atomic E-state index is 12.4. The Morgan fingerprint density at radius 2 is 2.11 bits per heavy atom. The average molecular weight is 239 g/mol. The van der Waals surface area contributed by atoms with Gasteiger partial charge in [0, 0.05) is 23.0 Å². The van der Waals surface area contributed by atoms with Gasteiger partial charge in [-0.1, -0.05) is 18.2 Å². The Bertz CT molecular complexity index is 590. The van der Waals surface area contributed by atoms with E-state index < -0.39 is 0 Å². The zero-order chi connectivity index (χ0) is 12.5. The smallest absolute Gasteiger partial charge is 0.175 e. The van der Waals surface area contributed by atoms with Gasteiger partial charge in [-0.2, -0.15) is 0 Å². The second-order valence-corrected chi connectivity index (χ2v) is 4.45. The first kappa shape index (κ1) is 11.0. The molecule has 18 heavy (non-hydrogen) atoms. The van der Waals surface area contributed by atoms with Gasteiger partial charge in [0.25, 0.3) is 0 Å². The predicted molar refractivity (Wildman–Crippen MR) is 68.0 cm³/mol. The van der Waals surface area contributed by atoms with Gasteiger partial charge < -0.3 is 4.74 Å². The molecule has 1 atom stereocenters. The van der Waals surface area contributed by atoms with Crippen LogP contribution in [0.5, 0.6) is 5.75 Å². The zero-order valence-electron chi connectivity index (χ0n) is 10.1. The van der Waals surface area contributed by atoms with E-state index in [1.54, 1.807) is 6.20 Å². The minimum atomic E-state index is -0.203. The molecule has 3 heteroatoms. The number of aromatic nitrogens is 1. The molecule has 0 radical (unpaired) electrons. The summed E-state index contributed by atoms with van der Waals surface area (Å²) in [5, 5.41) is 0.